The number of nitrogen functional groups attached to an aromatic ring is 1. The van der Waals surface area contributed by atoms with Crippen molar-refractivity contribution in [3.05, 3.63) is 59.2 Å². The van der Waals surface area contributed by atoms with Gasteiger partial charge in [0.1, 0.15) is 12.4 Å². The van der Waals surface area contributed by atoms with Crippen molar-refractivity contribution in [2.45, 2.75) is 6.61 Å². The normalized spacial score (nSPS) is 10.1. The van der Waals surface area contributed by atoms with Crippen LogP contribution in [-0.2, 0) is 6.61 Å². The fraction of sp³-hybridized carbons (Fsp3) is 0.0667. The molecule has 6 heteroatoms. The Morgan fingerprint density at radius 1 is 1.14 bits per heavy atom. The minimum Gasteiger partial charge on any atom is -0.489 e. The van der Waals surface area contributed by atoms with Crippen molar-refractivity contribution in [2.24, 2.45) is 5.73 Å². The predicted molar refractivity (Wildman–Crippen MR) is 77.1 cm³/mol. The second-order valence-corrected chi connectivity index (χ2v) is 4.41. The van der Waals surface area contributed by atoms with E-state index in [4.69, 9.17) is 21.3 Å². The smallest absolute Gasteiger partial charge is 0.337 e. The van der Waals surface area contributed by atoms with Crippen molar-refractivity contribution in [3.8, 4) is 5.75 Å². The third-order valence-electron chi connectivity index (χ3n) is 2.87. The zero-order valence-corrected chi connectivity index (χ0v) is 11.1. The van der Waals surface area contributed by atoms with Crippen molar-refractivity contribution in [3.63, 3.8) is 0 Å². The summed E-state index contributed by atoms with van der Waals surface area (Å²) in [5.74, 6) is -1.15. The van der Waals surface area contributed by atoms with E-state index in [1.54, 1.807) is 24.3 Å². The van der Waals surface area contributed by atoms with Gasteiger partial charge in [0, 0.05) is 17.3 Å². The average molecular weight is 286 g/mol. The van der Waals surface area contributed by atoms with Gasteiger partial charge in [0.05, 0.1) is 5.56 Å². The summed E-state index contributed by atoms with van der Waals surface area (Å²) in [6.07, 6.45) is 0. The maximum absolute atomic E-state index is 11.1. The Balaban J connectivity index is 2.10. The lowest BCUT2D eigenvalue weighted by atomic mass is 10.1. The predicted octanol–water partition coefficient (Wildman–Crippen LogP) is 1.64. The van der Waals surface area contributed by atoms with E-state index in [2.05, 4.69) is 0 Å². The number of primary amides is 1. The number of carboxylic acids is 1. The van der Waals surface area contributed by atoms with Gasteiger partial charge in [0.25, 0.3) is 0 Å². The first-order valence-corrected chi connectivity index (χ1v) is 6.11. The lowest BCUT2D eigenvalue weighted by Gasteiger charge is -2.09. The number of aromatic carboxylic acids is 1. The van der Waals surface area contributed by atoms with Gasteiger partial charge in [-0.3, -0.25) is 4.79 Å². The number of benzene rings is 2. The molecule has 0 radical (unpaired) electrons. The molecule has 2 aromatic carbocycles. The van der Waals surface area contributed by atoms with Gasteiger partial charge in [-0.1, -0.05) is 12.1 Å². The third kappa shape index (κ3) is 3.50. The van der Waals surface area contributed by atoms with Gasteiger partial charge < -0.3 is 21.3 Å². The lowest BCUT2D eigenvalue weighted by Crippen LogP contribution is -2.11. The molecule has 5 N–H and O–H groups in total. The van der Waals surface area contributed by atoms with Crippen LogP contribution in [0.1, 0.15) is 26.3 Å². The Bertz CT molecular complexity index is 698. The average Bonchev–Trinajstić information content (AvgIpc) is 2.45. The fourth-order valence-electron chi connectivity index (χ4n) is 1.81. The lowest BCUT2D eigenvalue weighted by molar-refractivity contribution is 0.0697. The summed E-state index contributed by atoms with van der Waals surface area (Å²) >= 11 is 0. The van der Waals surface area contributed by atoms with E-state index in [0.29, 0.717) is 11.3 Å². The van der Waals surface area contributed by atoms with E-state index >= 15 is 0 Å². The highest BCUT2D eigenvalue weighted by Gasteiger charge is 2.08. The first-order chi connectivity index (χ1) is 9.97. The molecule has 21 heavy (non-hydrogen) atoms. The number of carbonyl (C=O) groups is 2. The monoisotopic (exact) mass is 286 g/mol. The van der Waals surface area contributed by atoms with E-state index in [1.807, 2.05) is 0 Å². The number of carboxylic acid groups (broad SMARTS) is 1. The molecule has 0 aliphatic heterocycles. The number of carbonyl (C=O) groups excluding carboxylic acids is 1. The van der Waals surface area contributed by atoms with E-state index in [1.165, 1.54) is 18.2 Å². The van der Waals surface area contributed by atoms with Gasteiger partial charge in [-0.15, -0.1) is 0 Å². The molecule has 0 unspecified atom stereocenters. The highest BCUT2D eigenvalue weighted by Crippen LogP contribution is 2.21. The number of rotatable bonds is 5. The highest BCUT2D eigenvalue weighted by atomic mass is 16.5. The first kappa shape index (κ1) is 14.4. The van der Waals surface area contributed by atoms with Crippen LogP contribution >= 0.6 is 0 Å². The molecule has 0 aromatic heterocycles. The van der Waals surface area contributed by atoms with Crippen LogP contribution in [0.3, 0.4) is 0 Å². The first-order valence-electron chi connectivity index (χ1n) is 6.11. The van der Waals surface area contributed by atoms with Crippen LogP contribution in [-0.4, -0.2) is 17.0 Å². The second-order valence-electron chi connectivity index (χ2n) is 4.41. The fourth-order valence-corrected chi connectivity index (χ4v) is 1.81. The molecule has 2 aromatic rings. The van der Waals surface area contributed by atoms with Crippen molar-refractivity contribution < 1.29 is 19.4 Å². The van der Waals surface area contributed by atoms with Crippen LogP contribution in [0.2, 0.25) is 0 Å². The number of hydrogen-bond donors (Lipinski definition) is 3. The molecule has 0 saturated carbocycles. The quantitative estimate of drug-likeness (QED) is 0.723. The van der Waals surface area contributed by atoms with Gasteiger partial charge in [0.15, 0.2) is 0 Å². The van der Waals surface area contributed by atoms with Crippen LogP contribution in [0.4, 0.5) is 5.69 Å². The van der Waals surface area contributed by atoms with Gasteiger partial charge in [-0.05, 0) is 29.8 Å². The third-order valence-corrected chi connectivity index (χ3v) is 2.87. The van der Waals surface area contributed by atoms with Gasteiger partial charge in [0.2, 0.25) is 5.91 Å². The number of amides is 1. The maximum atomic E-state index is 11.1. The Labute approximate surface area is 120 Å². The summed E-state index contributed by atoms with van der Waals surface area (Å²) in [5, 5.41) is 8.88. The molecule has 0 heterocycles. The molecule has 108 valence electrons. The number of nitrogens with two attached hydrogens (primary N) is 2. The van der Waals surface area contributed by atoms with Crippen LogP contribution in [0.25, 0.3) is 0 Å². The number of hydrogen-bond acceptors (Lipinski definition) is 4. The second kappa shape index (κ2) is 5.96. The molecule has 1 amide bonds. The van der Waals surface area contributed by atoms with Crippen molar-refractivity contribution in [2.75, 3.05) is 5.73 Å². The summed E-state index contributed by atoms with van der Waals surface area (Å²) < 4.78 is 5.52. The van der Waals surface area contributed by atoms with Gasteiger partial charge in [-0.2, -0.15) is 0 Å². The Hall–Kier alpha value is -3.02. The molecule has 0 bridgehead atoms. The molecular weight excluding hydrogens is 272 g/mol. The highest BCUT2D eigenvalue weighted by molar-refractivity contribution is 5.94. The van der Waals surface area contributed by atoms with E-state index in [-0.39, 0.29) is 17.9 Å². The van der Waals surface area contributed by atoms with Gasteiger partial charge >= 0.3 is 5.97 Å². The van der Waals surface area contributed by atoms with Crippen LogP contribution in [0.5, 0.6) is 5.75 Å². The minimum absolute atomic E-state index is 0.0260. The van der Waals surface area contributed by atoms with Crippen LogP contribution in [0, 0.1) is 0 Å². The standard InChI is InChI=1S/C15H14N2O4/c16-13-7-11(4-5-12(13)15(19)20)21-8-9-2-1-3-10(6-9)14(17)18/h1-7H,8,16H2,(H2,17,18)(H,19,20). The SMILES string of the molecule is NC(=O)c1cccc(COc2ccc(C(=O)O)c(N)c2)c1. The molecule has 0 saturated heterocycles. The Morgan fingerprint density at radius 2 is 1.90 bits per heavy atom. The zero-order valence-electron chi connectivity index (χ0n) is 11.1. The van der Waals surface area contributed by atoms with Crippen molar-refractivity contribution in [1.29, 1.82) is 0 Å². The summed E-state index contributed by atoms with van der Waals surface area (Å²) in [4.78, 5) is 21.9. The summed E-state index contributed by atoms with van der Waals surface area (Å²) in [6.45, 7) is 0.215. The molecule has 0 atom stereocenters. The summed E-state index contributed by atoms with van der Waals surface area (Å²) in [7, 11) is 0. The topological polar surface area (TPSA) is 116 Å². The van der Waals surface area contributed by atoms with E-state index in [9.17, 15) is 9.59 Å². The Morgan fingerprint density at radius 3 is 2.52 bits per heavy atom. The molecule has 0 spiro atoms. The van der Waals surface area contributed by atoms with Crippen LogP contribution in [0.15, 0.2) is 42.5 Å². The molecule has 0 fully saturated rings. The molecular formula is C15H14N2O4. The molecule has 0 aliphatic carbocycles. The van der Waals surface area contributed by atoms with Crippen molar-refractivity contribution >= 4 is 17.6 Å². The largest absolute Gasteiger partial charge is 0.489 e. The van der Waals surface area contributed by atoms with Crippen LogP contribution < -0.4 is 16.2 Å². The number of anilines is 1. The molecule has 0 aliphatic rings. The molecule has 6 nitrogen and oxygen atoms in total. The van der Waals surface area contributed by atoms with Crippen molar-refractivity contribution in [1.82, 2.24) is 0 Å². The van der Waals surface area contributed by atoms with Gasteiger partial charge in [-0.25, -0.2) is 4.79 Å². The minimum atomic E-state index is -1.09. The van der Waals surface area contributed by atoms with E-state index in [0.717, 1.165) is 5.56 Å². The Kier molecular flexibility index (Phi) is 4.08. The zero-order chi connectivity index (χ0) is 15.4. The summed E-state index contributed by atoms with van der Waals surface area (Å²) in [6, 6.07) is 11.1. The maximum Gasteiger partial charge on any atom is 0.337 e. The summed E-state index contributed by atoms with van der Waals surface area (Å²) in [5.41, 5.74) is 12.2. The number of ether oxygens (including phenoxy) is 1. The molecule has 2 rings (SSSR count). The van der Waals surface area contributed by atoms with E-state index < -0.39 is 11.9 Å².